The summed E-state index contributed by atoms with van der Waals surface area (Å²) in [6.07, 6.45) is 2.70. The molecule has 1 aliphatic rings. The smallest absolute Gasteiger partial charge is 0.0950 e. The van der Waals surface area contributed by atoms with Crippen molar-refractivity contribution in [1.29, 1.82) is 0 Å². The number of hydrogen-bond donors (Lipinski definition) is 1. The van der Waals surface area contributed by atoms with Crippen molar-refractivity contribution in [2.75, 3.05) is 26.9 Å². The number of halogens is 1. The van der Waals surface area contributed by atoms with Crippen LogP contribution in [0.1, 0.15) is 24.5 Å². The fourth-order valence-electron chi connectivity index (χ4n) is 1.79. The second-order valence-corrected chi connectivity index (χ2v) is 5.50. The van der Waals surface area contributed by atoms with Crippen LogP contribution in [0.4, 0.5) is 0 Å². The summed E-state index contributed by atoms with van der Waals surface area (Å²) in [5.41, 5.74) is 1.21. The molecule has 1 aliphatic carbocycles. The summed E-state index contributed by atoms with van der Waals surface area (Å²) in [6.45, 7) is 2.13. The first kappa shape index (κ1) is 14.0. The molecule has 2 rings (SSSR count). The van der Waals surface area contributed by atoms with E-state index in [2.05, 4.69) is 45.5 Å². The molecule has 1 fully saturated rings. The fourth-order valence-corrected chi connectivity index (χ4v) is 2.05. The molecule has 0 aliphatic heterocycles. The number of ether oxygens (including phenoxy) is 2. The Morgan fingerprint density at radius 2 is 2.00 bits per heavy atom. The minimum Gasteiger partial charge on any atom is -0.382 e. The van der Waals surface area contributed by atoms with Crippen LogP contribution in [0, 0.1) is 0 Å². The average Bonchev–Trinajstić information content (AvgIpc) is 3.19. The molecule has 100 valence electrons. The Bertz CT molecular complexity index is 351. The van der Waals surface area contributed by atoms with Gasteiger partial charge in [-0.2, -0.15) is 0 Å². The van der Waals surface area contributed by atoms with Crippen molar-refractivity contribution in [1.82, 2.24) is 5.32 Å². The van der Waals surface area contributed by atoms with Crippen LogP contribution in [-0.4, -0.2) is 32.9 Å². The van der Waals surface area contributed by atoms with Gasteiger partial charge in [-0.1, -0.05) is 28.1 Å². The van der Waals surface area contributed by atoms with Crippen LogP contribution in [0.2, 0.25) is 0 Å². The van der Waals surface area contributed by atoms with Crippen LogP contribution in [0.25, 0.3) is 0 Å². The third kappa shape index (κ3) is 4.69. The SMILES string of the molecule is COCCOC(CNC1CC1)c1ccc(Br)cc1. The molecule has 0 spiro atoms. The summed E-state index contributed by atoms with van der Waals surface area (Å²) in [7, 11) is 1.69. The molecule has 0 aromatic heterocycles. The summed E-state index contributed by atoms with van der Waals surface area (Å²) in [4.78, 5) is 0. The van der Waals surface area contributed by atoms with Gasteiger partial charge in [-0.25, -0.2) is 0 Å². The molecule has 1 aromatic carbocycles. The highest BCUT2D eigenvalue weighted by atomic mass is 79.9. The van der Waals surface area contributed by atoms with Crippen molar-refractivity contribution in [2.45, 2.75) is 25.0 Å². The van der Waals surface area contributed by atoms with E-state index in [-0.39, 0.29) is 6.10 Å². The average molecular weight is 314 g/mol. The van der Waals surface area contributed by atoms with Crippen molar-refractivity contribution in [3.05, 3.63) is 34.3 Å². The lowest BCUT2D eigenvalue weighted by molar-refractivity contribution is 0.0164. The van der Waals surface area contributed by atoms with Crippen molar-refractivity contribution < 1.29 is 9.47 Å². The Hall–Kier alpha value is -0.420. The molecule has 4 heteroatoms. The molecular formula is C14H20BrNO2. The lowest BCUT2D eigenvalue weighted by atomic mass is 10.1. The van der Waals surface area contributed by atoms with E-state index >= 15 is 0 Å². The van der Waals surface area contributed by atoms with E-state index in [9.17, 15) is 0 Å². The molecule has 1 N–H and O–H groups in total. The van der Waals surface area contributed by atoms with Gasteiger partial charge in [-0.3, -0.25) is 0 Å². The summed E-state index contributed by atoms with van der Waals surface area (Å²) < 4.78 is 12.0. The van der Waals surface area contributed by atoms with Crippen molar-refractivity contribution in [3.8, 4) is 0 Å². The first-order chi connectivity index (χ1) is 8.79. The molecule has 3 nitrogen and oxygen atoms in total. The van der Waals surface area contributed by atoms with Crippen LogP contribution in [-0.2, 0) is 9.47 Å². The molecular weight excluding hydrogens is 294 g/mol. The maximum atomic E-state index is 5.88. The van der Waals surface area contributed by atoms with Crippen LogP contribution in [0.3, 0.4) is 0 Å². The Morgan fingerprint density at radius 1 is 1.28 bits per heavy atom. The molecule has 1 atom stereocenters. The Labute approximate surface area is 117 Å². The highest BCUT2D eigenvalue weighted by molar-refractivity contribution is 9.10. The normalized spacial score (nSPS) is 16.8. The van der Waals surface area contributed by atoms with Gasteiger partial charge in [0, 0.05) is 24.2 Å². The Morgan fingerprint density at radius 3 is 2.61 bits per heavy atom. The lowest BCUT2D eigenvalue weighted by Crippen LogP contribution is -2.26. The molecule has 18 heavy (non-hydrogen) atoms. The molecule has 0 bridgehead atoms. The predicted octanol–water partition coefficient (Wildman–Crippen LogP) is 2.91. The van der Waals surface area contributed by atoms with E-state index in [1.807, 2.05) is 0 Å². The summed E-state index contributed by atoms with van der Waals surface area (Å²) in [5.74, 6) is 0. The van der Waals surface area contributed by atoms with E-state index in [0.717, 1.165) is 11.0 Å². The third-order valence-corrected chi connectivity index (χ3v) is 3.55. The van der Waals surface area contributed by atoms with E-state index in [1.165, 1.54) is 18.4 Å². The fraction of sp³-hybridized carbons (Fsp3) is 0.571. The van der Waals surface area contributed by atoms with Crippen LogP contribution in [0.15, 0.2) is 28.7 Å². The minimum atomic E-state index is 0.105. The van der Waals surface area contributed by atoms with Crippen LogP contribution < -0.4 is 5.32 Å². The van der Waals surface area contributed by atoms with Gasteiger partial charge in [0.05, 0.1) is 19.3 Å². The Balaban J connectivity index is 1.90. The molecule has 0 saturated heterocycles. The summed E-state index contributed by atoms with van der Waals surface area (Å²) >= 11 is 3.45. The van der Waals surface area contributed by atoms with Gasteiger partial charge in [-0.05, 0) is 30.5 Å². The Kier molecular flexibility index (Phi) is 5.63. The van der Waals surface area contributed by atoms with E-state index < -0.39 is 0 Å². The quantitative estimate of drug-likeness (QED) is 0.749. The third-order valence-electron chi connectivity index (χ3n) is 3.02. The van der Waals surface area contributed by atoms with Gasteiger partial charge >= 0.3 is 0 Å². The first-order valence-electron chi connectivity index (χ1n) is 6.39. The lowest BCUT2D eigenvalue weighted by Gasteiger charge is -2.19. The molecule has 0 heterocycles. The molecule has 1 saturated carbocycles. The second-order valence-electron chi connectivity index (χ2n) is 4.59. The highest BCUT2D eigenvalue weighted by Crippen LogP contribution is 2.23. The monoisotopic (exact) mass is 313 g/mol. The van der Waals surface area contributed by atoms with Gasteiger partial charge in [-0.15, -0.1) is 0 Å². The molecule has 0 amide bonds. The van der Waals surface area contributed by atoms with Crippen molar-refractivity contribution in [3.63, 3.8) is 0 Å². The molecule has 0 radical (unpaired) electrons. The largest absolute Gasteiger partial charge is 0.382 e. The van der Waals surface area contributed by atoms with Gasteiger partial charge in [0.25, 0.3) is 0 Å². The topological polar surface area (TPSA) is 30.5 Å². The van der Waals surface area contributed by atoms with Gasteiger partial charge in [0.15, 0.2) is 0 Å². The minimum absolute atomic E-state index is 0.105. The zero-order valence-corrected chi connectivity index (χ0v) is 12.3. The maximum Gasteiger partial charge on any atom is 0.0950 e. The number of rotatable bonds is 8. The summed E-state index contributed by atoms with van der Waals surface area (Å²) in [6, 6.07) is 9.03. The van der Waals surface area contributed by atoms with Crippen molar-refractivity contribution in [2.24, 2.45) is 0 Å². The number of methoxy groups -OCH3 is 1. The standard InChI is InChI=1S/C14H20BrNO2/c1-17-8-9-18-14(10-16-13-6-7-13)11-2-4-12(15)5-3-11/h2-5,13-14,16H,6-10H2,1H3. The number of benzene rings is 1. The van der Waals surface area contributed by atoms with E-state index in [0.29, 0.717) is 19.3 Å². The van der Waals surface area contributed by atoms with Gasteiger partial charge in [0.2, 0.25) is 0 Å². The van der Waals surface area contributed by atoms with Crippen LogP contribution in [0.5, 0.6) is 0 Å². The molecule has 1 unspecified atom stereocenters. The molecule has 1 aromatic rings. The maximum absolute atomic E-state index is 5.88. The summed E-state index contributed by atoms with van der Waals surface area (Å²) in [5, 5.41) is 3.52. The first-order valence-corrected chi connectivity index (χ1v) is 7.18. The second kappa shape index (κ2) is 7.24. The van der Waals surface area contributed by atoms with E-state index in [1.54, 1.807) is 7.11 Å². The number of nitrogens with one attached hydrogen (secondary N) is 1. The predicted molar refractivity (Wildman–Crippen MR) is 75.7 cm³/mol. The van der Waals surface area contributed by atoms with Crippen LogP contribution >= 0.6 is 15.9 Å². The highest BCUT2D eigenvalue weighted by Gasteiger charge is 2.22. The van der Waals surface area contributed by atoms with E-state index in [4.69, 9.17) is 9.47 Å². The zero-order chi connectivity index (χ0) is 12.8. The van der Waals surface area contributed by atoms with Crippen molar-refractivity contribution >= 4 is 15.9 Å². The zero-order valence-electron chi connectivity index (χ0n) is 10.7. The van der Waals surface area contributed by atoms with Gasteiger partial charge < -0.3 is 14.8 Å². The van der Waals surface area contributed by atoms with Gasteiger partial charge in [0.1, 0.15) is 0 Å². The number of hydrogen-bond acceptors (Lipinski definition) is 3.